The van der Waals surface area contributed by atoms with Gasteiger partial charge in [-0.2, -0.15) is 0 Å². The molecule has 4 nitrogen and oxygen atoms in total. The highest BCUT2D eigenvalue weighted by atomic mass is 79.9. The van der Waals surface area contributed by atoms with Crippen LogP contribution in [0.15, 0.2) is 28.2 Å². The van der Waals surface area contributed by atoms with Crippen LogP contribution in [0.3, 0.4) is 0 Å². The van der Waals surface area contributed by atoms with Gasteiger partial charge in [-0.15, -0.1) is 0 Å². The number of esters is 1. The molecule has 0 fully saturated rings. The quantitative estimate of drug-likeness (QED) is 0.810. The molecular formula is C12H11BrO4. The lowest BCUT2D eigenvalue weighted by Crippen LogP contribution is -2.08. The molecule has 2 rings (SSSR count). The molecule has 0 saturated carbocycles. The van der Waals surface area contributed by atoms with Gasteiger partial charge in [-0.25, -0.2) is 4.79 Å². The maximum Gasteiger partial charge on any atom is 0.337 e. The van der Waals surface area contributed by atoms with Crippen LogP contribution < -0.4 is 4.74 Å². The minimum absolute atomic E-state index is 0.0724. The molecular weight excluding hydrogens is 288 g/mol. The molecule has 0 spiro atoms. The van der Waals surface area contributed by atoms with E-state index in [1.807, 2.05) is 0 Å². The van der Waals surface area contributed by atoms with Crippen LogP contribution in [-0.2, 0) is 9.53 Å². The molecule has 0 saturated heterocycles. The number of carbonyl (C=O) groups is 1. The van der Waals surface area contributed by atoms with Crippen LogP contribution >= 0.6 is 15.9 Å². The maximum atomic E-state index is 11.5. The first kappa shape index (κ1) is 12.0. The zero-order valence-electron chi connectivity index (χ0n) is 9.20. The predicted molar refractivity (Wildman–Crippen MR) is 65.8 cm³/mol. The summed E-state index contributed by atoms with van der Waals surface area (Å²) in [5.41, 5.74) is 0.750. The second kappa shape index (κ2) is 4.79. The number of methoxy groups -OCH3 is 1. The Balaban J connectivity index is 2.53. The molecule has 0 aliphatic carbocycles. The maximum absolute atomic E-state index is 11.5. The topological polar surface area (TPSA) is 55.8 Å². The van der Waals surface area contributed by atoms with Gasteiger partial charge < -0.3 is 14.6 Å². The molecule has 1 aromatic carbocycles. The van der Waals surface area contributed by atoms with E-state index in [2.05, 4.69) is 20.7 Å². The first-order valence-electron chi connectivity index (χ1n) is 5.06. The summed E-state index contributed by atoms with van der Waals surface area (Å²) in [6.07, 6.45) is 0.324. The average molecular weight is 299 g/mol. The van der Waals surface area contributed by atoms with Crippen molar-refractivity contribution >= 4 is 27.7 Å². The molecule has 1 aliphatic rings. The van der Waals surface area contributed by atoms with Crippen LogP contribution in [0.5, 0.6) is 5.75 Å². The molecule has 17 heavy (non-hydrogen) atoms. The highest BCUT2D eigenvalue weighted by molar-refractivity contribution is 9.10. The second-order valence-electron chi connectivity index (χ2n) is 3.56. The predicted octanol–water partition coefficient (Wildman–Crippen LogP) is 2.67. The molecule has 0 aromatic heterocycles. The molecule has 0 amide bonds. The second-order valence-corrected chi connectivity index (χ2v) is 4.47. The summed E-state index contributed by atoms with van der Waals surface area (Å²) in [4.78, 5) is 11.5. The summed E-state index contributed by atoms with van der Waals surface area (Å²) >= 11 is 3.32. The number of hydrogen-bond acceptors (Lipinski definition) is 4. The first-order chi connectivity index (χ1) is 8.13. The van der Waals surface area contributed by atoms with Crippen molar-refractivity contribution in [3.63, 3.8) is 0 Å². The minimum atomic E-state index is -0.526. The Morgan fingerprint density at radius 2 is 2.29 bits per heavy atom. The lowest BCUT2D eigenvalue weighted by atomic mass is 10.1. The third-order valence-electron chi connectivity index (χ3n) is 2.53. The Bertz CT molecular complexity index is 493. The van der Waals surface area contributed by atoms with Crippen molar-refractivity contribution < 1.29 is 19.4 Å². The zero-order valence-corrected chi connectivity index (χ0v) is 10.8. The van der Waals surface area contributed by atoms with Crippen molar-refractivity contribution in [1.82, 2.24) is 0 Å². The molecule has 0 radical (unpaired) electrons. The Kier molecular flexibility index (Phi) is 3.38. The van der Waals surface area contributed by atoms with Crippen molar-refractivity contribution in [2.75, 3.05) is 13.7 Å². The van der Waals surface area contributed by atoms with E-state index < -0.39 is 5.97 Å². The highest BCUT2D eigenvalue weighted by Crippen LogP contribution is 2.33. The van der Waals surface area contributed by atoms with Crippen LogP contribution in [0.4, 0.5) is 0 Å². The largest absolute Gasteiger partial charge is 0.507 e. The van der Waals surface area contributed by atoms with Gasteiger partial charge in [-0.1, -0.05) is 15.9 Å². The van der Waals surface area contributed by atoms with Gasteiger partial charge in [0.25, 0.3) is 0 Å². The fraction of sp³-hybridized carbons (Fsp3) is 0.250. The minimum Gasteiger partial charge on any atom is -0.507 e. The number of fused-ring (bicyclic) bond motifs is 1. The first-order valence-corrected chi connectivity index (χ1v) is 5.86. The van der Waals surface area contributed by atoms with E-state index in [0.717, 1.165) is 4.47 Å². The number of ether oxygens (including phenoxy) is 2. The Hall–Kier alpha value is -1.49. The van der Waals surface area contributed by atoms with Crippen LogP contribution in [-0.4, -0.2) is 24.8 Å². The number of aliphatic hydroxyl groups is 1. The summed E-state index contributed by atoms with van der Waals surface area (Å²) in [5, 5.41) is 10.1. The average Bonchev–Trinajstić information content (AvgIpc) is 2.48. The van der Waals surface area contributed by atoms with E-state index in [9.17, 15) is 9.90 Å². The molecule has 1 aromatic rings. The summed E-state index contributed by atoms with van der Waals surface area (Å²) in [7, 11) is 1.29. The molecule has 1 heterocycles. The van der Waals surface area contributed by atoms with E-state index in [1.165, 1.54) is 7.11 Å². The number of benzene rings is 1. The van der Waals surface area contributed by atoms with Crippen molar-refractivity contribution in [3.05, 3.63) is 33.8 Å². The van der Waals surface area contributed by atoms with Crippen molar-refractivity contribution in [1.29, 1.82) is 0 Å². The van der Waals surface area contributed by atoms with Crippen molar-refractivity contribution in [2.45, 2.75) is 6.42 Å². The normalized spacial score (nSPS) is 14.7. The zero-order chi connectivity index (χ0) is 12.4. The van der Waals surface area contributed by atoms with Gasteiger partial charge in [-0.05, 0) is 18.2 Å². The van der Waals surface area contributed by atoms with Gasteiger partial charge >= 0.3 is 5.97 Å². The van der Waals surface area contributed by atoms with Crippen molar-refractivity contribution in [3.8, 4) is 5.75 Å². The van der Waals surface area contributed by atoms with Gasteiger partial charge in [0.05, 0.1) is 24.9 Å². The van der Waals surface area contributed by atoms with E-state index in [4.69, 9.17) is 4.74 Å². The van der Waals surface area contributed by atoms with Gasteiger partial charge in [0, 0.05) is 10.9 Å². The fourth-order valence-corrected chi connectivity index (χ4v) is 2.02. The third-order valence-corrected chi connectivity index (χ3v) is 3.02. The monoisotopic (exact) mass is 298 g/mol. The van der Waals surface area contributed by atoms with Crippen molar-refractivity contribution in [2.24, 2.45) is 0 Å². The number of hydrogen-bond donors (Lipinski definition) is 1. The molecule has 1 aliphatic heterocycles. The number of halogens is 1. The van der Waals surface area contributed by atoms with E-state index in [0.29, 0.717) is 24.3 Å². The lowest BCUT2D eigenvalue weighted by Gasteiger charge is -2.07. The smallest absolute Gasteiger partial charge is 0.337 e. The summed E-state index contributed by atoms with van der Waals surface area (Å²) in [5.74, 6) is -0.0468. The van der Waals surface area contributed by atoms with Gasteiger partial charge in [-0.3, -0.25) is 0 Å². The summed E-state index contributed by atoms with van der Waals surface area (Å²) < 4.78 is 11.0. The van der Waals surface area contributed by atoms with Crippen LogP contribution in [0.1, 0.15) is 12.0 Å². The highest BCUT2D eigenvalue weighted by Gasteiger charge is 2.23. The molecule has 5 heteroatoms. The van der Waals surface area contributed by atoms with E-state index in [-0.39, 0.29) is 11.3 Å². The van der Waals surface area contributed by atoms with Crippen LogP contribution in [0.2, 0.25) is 0 Å². The van der Waals surface area contributed by atoms with E-state index in [1.54, 1.807) is 18.2 Å². The lowest BCUT2D eigenvalue weighted by molar-refractivity contribution is -0.136. The number of carbonyl (C=O) groups excluding carboxylic acids is 1. The van der Waals surface area contributed by atoms with Gasteiger partial charge in [0.1, 0.15) is 11.5 Å². The van der Waals surface area contributed by atoms with Crippen LogP contribution in [0, 0.1) is 0 Å². The molecule has 0 atom stereocenters. The Morgan fingerprint density at radius 1 is 1.53 bits per heavy atom. The molecule has 0 unspecified atom stereocenters. The third kappa shape index (κ3) is 2.29. The van der Waals surface area contributed by atoms with Gasteiger partial charge in [0.2, 0.25) is 0 Å². The number of rotatable bonds is 1. The van der Waals surface area contributed by atoms with Crippen LogP contribution in [0.25, 0.3) is 5.76 Å². The number of aliphatic hydroxyl groups excluding tert-OH is 1. The molecule has 0 bridgehead atoms. The fourth-order valence-electron chi connectivity index (χ4n) is 1.68. The molecule has 1 N–H and O–H groups in total. The summed E-state index contributed by atoms with van der Waals surface area (Å²) in [6.45, 7) is 0.331. The Morgan fingerprint density at radius 3 is 3.00 bits per heavy atom. The van der Waals surface area contributed by atoms with E-state index >= 15 is 0 Å². The van der Waals surface area contributed by atoms with Gasteiger partial charge in [0.15, 0.2) is 0 Å². The Labute approximate surface area is 107 Å². The standard InChI is InChI=1S/C12H11BrO4/c1-16-12(15)9-4-5-17-10-6-7(13)2-3-8(10)11(9)14/h2-3,6,14H,4-5H2,1H3. The summed E-state index contributed by atoms with van der Waals surface area (Å²) in [6, 6.07) is 5.23. The SMILES string of the molecule is COC(=O)C1=C(O)c2ccc(Br)cc2OCC1. The molecule has 90 valence electrons.